The summed E-state index contributed by atoms with van der Waals surface area (Å²) in [6.45, 7) is 0. The van der Waals surface area contributed by atoms with Crippen molar-refractivity contribution < 1.29 is 52.4 Å². The summed E-state index contributed by atoms with van der Waals surface area (Å²) in [6.07, 6.45) is 0. The first kappa shape index (κ1) is 32.8. The first-order chi connectivity index (χ1) is 0. The molecule has 0 saturated carbocycles. The second-order valence-electron chi connectivity index (χ2n) is 0. The van der Waals surface area contributed by atoms with Crippen molar-refractivity contribution in [2.75, 3.05) is 0 Å². The maximum atomic E-state index is 0. The van der Waals surface area contributed by atoms with Crippen LogP contribution in [0.5, 0.6) is 0 Å². The van der Waals surface area contributed by atoms with Crippen molar-refractivity contribution in [3.8, 4) is 0 Å². The van der Waals surface area contributed by atoms with Crippen molar-refractivity contribution in [1.82, 2.24) is 0 Å². The topological polar surface area (TPSA) is 0 Å². The van der Waals surface area contributed by atoms with Gasteiger partial charge >= 0.3 is 0 Å². The van der Waals surface area contributed by atoms with E-state index >= 15 is 0 Å². The van der Waals surface area contributed by atoms with Crippen LogP contribution in [0.1, 0.15) is 1.43 Å². The smallest absolute Gasteiger partial charge is 0 e. The Morgan fingerprint density at radius 1 is 0.750 bits per heavy atom. The van der Waals surface area contributed by atoms with E-state index in [4.69, 9.17) is 0 Å². The van der Waals surface area contributed by atoms with E-state index in [1.54, 1.807) is 0 Å². The fourth-order valence-corrected chi connectivity index (χ4v) is 0. The van der Waals surface area contributed by atoms with Crippen LogP contribution < -0.4 is 50.9 Å². The summed E-state index contributed by atoms with van der Waals surface area (Å²) in [5.41, 5.74) is 0. The maximum absolute atomic E-state index is 0. The fourth-order valence-electron chi connectivity index (χ4n) is 0. The summed E-state index contributed by atoms with van der Waals surface area (Å²) >= 11 is 0. The molecule has 0 spiro atoms. The third-order valence-corrected chi connectivity index (χ3v) is 0. The molecule has 0 amide bonds. The molecule has 0 atom stereocenters. The molecule has 0 saturated heterocycles. The largest absolute Gasteiger partial charge is 1.00 e. The second-order valence-corrected chi connectivity index (χ2v) is 0. The zero-order valence-corrected chi connectivity index (χ0v) is 10.3. The van der Waals surface area contributed by atoms with E-state index in [9.17, 15) is 0 Å². The van der Waals surface area contributed by atoms with Gasteiger partial charge in [0.15, 0.2) is 0 Å². The van der Waals surface area contributed by atoms with Crippen LogP contribution in [-0.4, -0.2) is 27.3 Å². The van der Waals surface area contributed by atoms with Crippen molar-refractivity contribution in [2.24, 2.45) is 0 Å². The Morgan fingerprint density at radius 3 is 0.750 bits per heavy atom. The normalized spacial score (nSPS) is 0. The van der Waals surface area contributed by atoms with Crippen LogP contribution in [0.25, 0.3) is 0 Å². The third-order valence-electron chi connectivity index (χ3n) is 0. The molecule has 0 aliphatic rings. The summed E-state index contributed by atoms with van der Waals surface area (Å²) < 4.78 is 0. The van der Waals surface area contributed by atoms with Crippen LogP contribution >= 0.6 is 0 Å². The average molecular weight is 449 g/mol. The number of rotatable bonds is 0. The minimum atomic E-state index is 0. The first-order valence-electron chi connectivity index (χ1n) is 0. The van der Waals surface area contributed by atoms with E-state index in [0.29, 0.717) is 0 Å². The van der Waals surface area contributed by atoms with Gasteiger partial charge in [0.25, 0.3) is 0 Å². The Kier molecular flexibility index (Phi) is 150. The molecule has 0 aromatic carbocycles. The van der Waals surface area contributed by atoms with E-state index in [1.165, 1.54) is 0 Å². The van der Waals surface area contributed by atoms with E-state index in [0.717, 1.165) is 0 Å². The second kappa shape index (κ2) is 18.3. The van der Waals surface area contributed by atoms with Crippen LogP contribution in [-0.2, 0) is 0 Å². The van der Waals surface area contributed by atoms with Crippen molar-refractivity contribution in [3.63, 3.8) is 0 Å². The molecule has 0 rings (SSSR count). The van der Waals surface area contributed by atoms with E-state index in [2.05, 4.69) is 0 Å². The van der Waals surface area contributed by atoms with Crippen LogP contribution in [0, 0.1) is 0 Å². The molecule has 0 fully saturated rings. The molecule has 0 aromatic rings. The average Bonchev–Trinajstić information content (AvgIpc) is 0. The first-order valence-corrected chi connectivity index (χ1v) is 0. The molecule has 30 valence electrons. The standard InChI is InChI=1S/3BrH.Pb.H2/h3*1H;;1H/p-3. The van der Waals surface area contributed by atoms with E-state index in [1.807, 2.05) is 0 Å². The predicted molar refractivity (Wildman–Crippen MR) is 7.87 cm³/mol. The van der Waals surface area contributed by atoms with Crippen molar-refractivity contribution in [2.45, 2.75) is 0 Å². The predicted octanol–water partition coefficient (Wildman–Crippen LogP) is -9.12. The van der Waals surface area contributed by atoms with Gasteiger partial charge < -0.3 is 50.9 Å². The molecule has 4 heavy (non-hydrogen) atoms. The van der Waals surface area contributed by atoms with Gasteiger partial charge in [-0.1, -0.05) is 0 Å². The van der Waals surface area contributed by atoms with Crippen molar-refractivity contribution >= 4 is 27.3 Å². The zero-order chi connectivity index (χ0) is 0. The van der Waals surface area contributed by atoms with Gasteiger partial charge in [0, 0.05) is 28.7 Å². The van der Waals surface area contributed by atoms with Gasteiger partial charge in [-0.05, 0) is 0 Å². The van der Waals surface area contributed by atoms with E-state index < -0.39 is 0 Å². The molecule has 0 N–H and O–H groups in total. The van der Waals surface area contributed by atoms with Crippen LogP contribution in [0.4, 0.5) is 0 Å². The SMILES string of the molecule is [Br-].[Br-].[Br-].[HH].[Pb]. The Morgan fingerprint density at radius 2 is 0.750 bits per heavy atom. The van der Waals surface area contributed by atoms with Crippen molar-refractivity contribution in [3.05, 3.63) is 0 Å². The third kappa shape index (κ3) is 8.84. The van der Waals surface area contributed by atoms with Gasteiger partial charge in [0.05, 0.1) is 0 Å². The van der Waals surface area contributed by atoms with E-state index in [-0.39, 0.29) is 79.7 Å². The molecule has 0 unspecified atom stereocenters. The van der Waals surface area contributed by atoms with Gasteiger partial charge in [-0.25, -0.2) is 0 Å². The molecule has 0 aliphatic carbocycles. The number of hydrogen-bond acceptors (Lipinski definition) is 0. The minimum absolute atomic E-state index is 0. The van der Waals surface area contributed by atoms with Gasteiger partial charge in [-0.15, -0.1) is 0 Å². The Bertz CT molecular complexity index is 6.85. The molecule has 4 heteroatoms. The summed E-state index contributed by atoms with van der Waals surface area (Å²) in [4.78, 5) is 0. The zero-order valence-electron chi connectivity index (χ0n) is 1.63. The Labute approximate surface area is 78.7 Å². The molecule has 0 heterocycles. The molecular weight excluding hydrogens is 447 g/mol. The number of halogens is 3. The quantitative estimate of drug-likeness (QED) is 0.323. The van der Waals surface area contributed by atoms with Gasteiger partial charge in [-0.2, -0.15) is 0 Å². The van der Waals surface area contributed by atoms with Crippen LogP contribution in [0.2, 0.25) is 0 Å². The maximum Gasteiger partial charge on any atom is 0 e. The molecular formula is H2Br3Pb-3. The van der Waals surface area contributed by atoms with Crippen LogP contribution in [0.3, 0.4) is 0 Å². The Balaban J connectivity index is 0. The fraction of sp³-hybridized carbons (Fsp3) is 0. The summed E-state index contributed by atoms with van der Waals surface area (Å²) in [7, 11) is 0. The molecule has 0 bridgehead atoms. The Hall–Kier alpha value is 2.36. The molecule has 4 radical (unpaired) electrons. The molecule has 0 nitrogen and oxygen atoms in total. The monoisotopic (exact) mass is 447 g/mol. The number of hydrogen-bond donors (Lipinski definition) is 0. The minimum Gasteiger partial charge on any atom is -1.00 e. The summed E-state index contributed by atoms with van der Waals surface area (Å²) in [6, 6.07) is 0. The van der Waals surface area contributed by atoms with Crippen LogP contribution in [0.15, 0.2) is 0 Å². The van der Waals surface area contributed by atoms with Crippen molar-refractivity contribution in [1.29, 1.82) is 0 Å². The molecule has 0 aliphatic heterocycles. The van der Waals surface area contributed by atoms with Gasteiger partial charge in [0.1, 0.15) is 0 Å². The summed E-state index contributed by atoms with van der Waals surface area (Å²) in [5.74, 6) is 0. The summed E-state index contributed by atoms with van der Waals surface area (Å²) in [5, 5.41) is 0. The molecule has 0 aromatic heterocycles. The van der Waals surface area contributed by atoms with Gasteiger partial charge in [-0.3, -0.25) is 0 Å². The van der Waals surface area contributed by atoms with Gasteiger partial charge in [0.2, 0.25) is 0 Å².